The fourth-order valence-corrected chi connectivity index (χ4v) is 1.99. The van der Waals surface area contributed by atoms with E-state index in [0.29, 0.717) is 12.1 Å². The van der Waals surface area contributed by atoms with Crippen molar-refractivity contribution >= 4 is 6.03 Å². The molecule has 0 bridgehead atoms. The number of hydrogen-bond acceptors (Lipinski definition) is 1. The predicted molar refractivity (Wildman–Crippen MR) is 81.7 cm³/mol. The van der Waals surface area contributed by atoms with Crippen LogP contribution in [-0.4, -0.2) is 6.03 Å². The van der Waals surface area contributed by atoms with Gasteiger partial charge in [-0.15, -0.1) is 0 Å². The molecule has 0 radical (unpaired) electrons. The Kier molecular flexibility index (Phi) is 5.26. The predicted octanol–water partition coefficient (Wildman–Crippen LogP) is 4.01. The average Bonchev–Trinajstić information content (AvgIpc) is 2.52. The molecule has 0 aromatic heterocycles. The summed E-state index contributed by atoms with van der Waals surface area (Å²) in [4.78, 5) is 11.7. The van der Waals surface area contributed by atoms with E-state index in [1.807, 2.05) is 31.2 Å². The number of halogens is 3. The van der Waals surface area contributed by atoms with Gasteiger partial charge in [-0.05, 0) is 30.2 Å². The van der Waals surface area contributed by atoms with Crippen molar-refractivity contribution in [3.63, 3.8) is 0 Å². The minimum atomic E-state index is -4.39. The Morgan fingerprint density at radius 2 is 1.57 bits per heavy atom. The number of aryl methyl sites for hydroxylation is 1. The maximum absolute atomic E-state index is 12.6. The van der Waals surface area contributed by atoms with Crippen LogP contribution in [0.4, 0.5) is 18.0 Å². The number of urea groups is 1. The molecule has 23 heavy (non-hydrogen) atoms. The van der Waals surface area contributed by atoms with Crippen LogP contribution in [0, 0.1) is 6.92 Å². The van der Waals surface area contributed by atoms with E-state index < -0.39 is 17.8 Å². The lowest BCUT2D eigenvalue weighted by molar-refractivity contribution is -0.137. The second kappa shape index (κ2) is 7.17. The third kappa shape index (κ3) is 5.32. The number of carbonyl (C=O) groups excluding carboxylic acids is 1. The molecular weight excluding hydrogens is 305 g/mol. The number of alkyl halides is 3. The van der Waals surface area contributed by atoms with E-state index in [1.165, 1.54) is 12.1 Å². The molecule has 0 aliphatic carbocycles. The number of nitrogens with one attached hydrogen (secondary N) is 2. The fourth-order valence-electron chi connectivity index (χ4n) is 1.99. The van der Waals surface area contributed by atoms with Gasteiger partial charge in [-0.1, -0.05) is 42.0 Å². The third-order valence-electron chi connectivity index (χ3n) is 3.28. The zero-order chi connectivity index (χ0) is 16.9. The Labute approximate surface area is 132 Å². The van der Waals surface area contributed by atoms with Crippen molar-refractivity contribution < 1.29 is 18.0 Å². The summed E-state index contributed by atoms with van der Waals surface area (Å²) in [6.45, 7) is 2.36. The molecule has 2 aromatic rings. The van der Waals surface area contributed by atoms with Gasteiger partial charge in [-0.3, -0.25) is 0 Å². The molecule has 0 saturated carbocycles. The zero-order valence-electron chi connectivity index (χ0n) is 12.6. The van der Waals surface area contributed by atoms with Gasteiger partial charge in [0.15, 0.2) is 0 Å². The topological polar surface area (TPSA) is 41.1 Å². The molecule has 2 N–H and O–H groups in total. The van der Waals surface area contributed by atoms with Crippen molar-refractivity contribution in [2.75, 3.05) is 0 Å². The van der Waals surface area contributed by atoms with E-state index in [9.17, 15) is 18.0 Å². The molecule has 0 spiro atoms. The lowest BCUT2D eigenvalue weighted by Gasteiger charge is -2.10. The Morgan fingerprint density at radius 1 is 0.957 bits per heavy atom. The van der Waals surface area contributed by atoms with Crippen LogP contribution in [0.1, 0.15) is 22.3 Å². The van der Waals surface area contributed by atoms with Gasteiger partial charge in [0, 0.05) is 13.1 Å². The summed E-state index contributed by atoms with van der Waals surface area (Å²) in [7, 11) is 0. The Hall–Kier alpha value is -2.50. The molecule has 122 valence electrons. The molecule has 2 rings (SSSR count). The highest BCUT2D eigenvalue weighted by molar-refractivity contribution is 5.73. The molecule has 0 atom stereocenters. The van der Waals surface area contributed by atoms with Crippen molar-refractivity contribution in [3.05, 3.63) is 70.8 Å². The average molecular weight is 322 g/mol. The minimum Gasteiger partial charge on any atom is -0.334 e. The van der Waals surface area contributed by atoms with Crippen LogP contribution in [0.25, 0.3) is 0 Å². The van der Waals surface area contributed by atoms with Gasteiger partial charge in [0.05, 0.1) is 5.56 Å². The summed E-state index contributed by atoms with van der Waals surface area (Å²) in [5.41, 5.74) is 1.75. The summed E-state index contributed by atoms with van der Waals surface area (Å²) in [6.07, 6.45) is -4.39. The molecule has 0 fully saturated rings. The smallest absolute Gasteiger partial charge is 0.334 e. The third-order valence-corrected chi connectivity index (χ3v) is 3.28. The first kappa shape index (κ1) is 16.9. The highest BCUT2D eigenvalue weighted by Crippen LogP contribution is 2.29. The second-order valence-electron chi connectivity index (χ2n) is 5.22. The van der Waals surface area contributed by atoms with Crippen molar-refractivity contribution in [1.29, 1.82) is 0 Å². The quantitative estimate of drug-likeness (QED) is 0.877. The van der Waals surface area contributed by atoms with Crippen molar-refractivity contribution in [2.45, 2.75) is 26.2 Å². The lowest BCUT2D eigenvalue weighted by Crippen LogP contribution is -2.34. The summed E-state index contributed by atoms with van der Waals surface area (Å²) in [5, 5.41) is 5.20. The van der Waals surface area contributed by atoms with Gasteiger partial charge in [-0.2, -0.15) is 13.2 Å². The van der Waals surface area contributed by atoms with Crippen LogP contribution >= 0.6 is 0 Å². The van der Waals surface area contributed by atoms with Crippen molar-refractivity contribution in [1.82, 2.24) is 10.6 Å². The summed E-state index contributed by atoms with van der Waals surface area (Å²) < 4.78 is 37.8. The van der Waals surface area contributed by atoms with Crippen LogP contribution in [0.3, 0.4) is 0 Å². The zero-order valence-corrected chi connectivity index (χ0v) is 12.6. The standard InChI is InChI=1S/C17H17F3N2O/c1-12-5-7-13(8-6-12)10-21-16(23)22-11-14-3-2-4-15(9-14)17(18,19)20/h2-9H,10-11H2,1H3,(H2,21,22,23). The lowest BCUT2D eigenvalue weighted by atomic mass is 10.1. The summed E-state index contributed by atoms with van der Waals surface area (Å²) in [6, 6.07) is 12.2. The number of carbonyl (C=O) groups is 1. The van der Waals surface area contributed by atoms with E-state index in [-0.39, 0.29) is 6.54 Å². The van der Waals surface area contributed by atoms with Crippen LogP contribution in [0.5, 0.6) is 0 Å². The van der Waals surface area contributed by atoms with E-state index in [2.05, 4.69) is 10.6 Å². The van der Waals surface area contributed by atoms with Gasteiger partial charge >= 0.3 is 12.2 Å². The molecule has 6 heteroatoms. The number of amides is 2. The molecule has 0 unspecified atom stereocenters. The molecular formula is C17H17F3N2O. The number of hydrogen-bond donors (Lipinski definition) is 2. The Morgan fingerprint density at radius 3 is 2.17 bits per heavy atom. The van der Waals surface area contributed by atoms with E-state index >= 15 is 0 Å². The fraction of sp³-hybridized carbons (Fsp3) is 0.235. The highest BCUT2D eigenvalue weighted by Gasteiger charge is 2.30. The van der Waals surface area contributed by atoms with Gasteiger partial charge in [0.25, 0.3) is 0 Å². The van der Waals surface area contributed by atoms with Crippen molar-refractivity contribution in [3.8, 4) is 0 Å². The molecule has 3 nitrogen and oxygen atoms in total. The Bertz CT molecular complexity index is 666. The molecule has 0 saturated heterocycles. The molecule has 0 aliphatic heterocycles. The number of rotatable bonds is 4. The minimum absolute atomic E-state index is 0.0314. The SMILES string of the molecule is Cc1ccc(CNC(=O)NCc2cccc(C(F)(F)F)c2)cc1. The van der Waals surface area contributed by atoms with Crippen LogP contribution in [-0.2, 0) is 19.3 Å². The van der Waals surface area contributed by atoms with Gasteiger partial charge in [0.1, 0.15) is 0 Å². The van der Waals surface area contributed by atoms with Crippen molar-refractivity contribution in [2.24, 2.45) is 0 Å². The van der Waals surface area contributed by atoms with Crippen LogP contribution in [0.15, 0.2) is 48.5 Å². The first-order chi connectivity index (χ1) is 10.8. The first-order valence-corrected chi connectivity index (χ1v) is 7.08. The first-order valence-electron chi connectivity index (χ1n) is 7.08. The van der Waals surface area contributed by atoms with Gasteiger partial charge < -0.3 is 10.6 Å². The van der Waals surface area contributed by atoms with Gasteiger partial charge in [0.2, 0.25) is 0 Å². The number of benzene rings is 2. The van der Waals surface area contributed by atoms with E-state index in [4.69, 9.17) is 0 Å². The highest BCUT2D eigenvalue weighted by atomic mass is 19.4. The molecule has 2 amide bonds. The Balaban J connectivity index is 1.83. The maximum atomic E-state index is 12.6. The van der Waals surface area contributed by atoms with Gasteiger partial charge in [-0.25, -0.2) is 4.79 Å². The molecule has 2 aromatic carbocycles. The van der Waals surface area contributed by atoms with Crippen LogP contribution < -0.4 is 10.6 Å². The summed E-state index contributed by atoms with van der Waals surface area (Å²) >= 11 is 0. The molecule has 0 heterocycles. The summed E-state index contributed by atoms with van der Waals surface area (Å²) in [5.74, 6) is 0. The normalized spacial score (nSPS) is 11.1. The van der Waals surface area contributed by atoms with E-state index in [1.54, 1.807) is 0 Å². The second-order valence-corrected chi connectivity index (χ2v) is 5.22. The largest absolute Gasteiger partial charge is 0.416 e. The van der Waals surface area contributed by atoms with Crippen LogP contribution in [0.2, 0.25) is 0 Å². The monoisotopic (exact) mass is 322 g/mol. The van der Waals surface area contributed by atoms with E-state index in [0.717, 1.165) is 23.3 Å². The maximum Gasteiger partial charge on any atom is 0.416 e. The molecule has 0 aliphatic rings.